The number of para-hydroxylation sites is 1. The molecule has 1 aliphatic rings. The van der Waals surface area contributed by atoms with Gasteiger partial charge >= 0.3 is 0 Å². The molecule has 0 bridgehead atoms. The van der Waals surface area contributed by atoms with Gasteiger partial charge in [-0.15, -0.1) is 0 Å². The number of benzene rings is 1. The fourth-order valence-corrected chi connectivity index (χ4v) is 1.56. The van der Waals surface area contributed by atoms with Gasteiger partial charge in [0.2, 0.25) is 0 Å². The number of aryl methyl sites for hydroxylation is 1. The van der Waals surface area contributed by atoms with Gasteiger partial charge in [-0.3, -0.25) is 0 Å². The summed E-state index contributed by atoms with van der Waals surface area (Å²) in [4.78, 5) is 0. The van der Waals surface area contributed by atoms with Crippen LogP contribution in [0.2, 0.25) is 0 Å². The third-order valence-corrected chi connectivity index (χ3v) is 2.28. The first-order valence-electron chi connectivity index (χ1n) is 4.38. The Bertz CT molecular complexity index is 296. The van der Waals surface area contributed by atoms with Gasteiger partial charge in [-0.1, -0.05) is 18.2 Å². The zero-order valence-corrected chi connectivity index (χ0v) is 7.18. The first-order chi connectivity index (χ1) is 6.27. The molecule has 1 unspecified atom stereocenters. The lowest BCUT2D eigenvalue weighted by Crippen LogP contribution is -2.34. The van der Waals surface area contributed by atoms with Gasteiger partial charge in [0.15, 0.2) is 6.29 Å². The topological polar surface area (TPSA) is 49.7 Å². The third kappa shape index (κ3) is 1.66. The summed E-state index contributed by atoms with van der Waals surface area (Å²) in [5, 5.41) is 17.9. The summed E-state index contributed by atoms with van der Waals surface area (Å²) >= 11 is 0. The van der Waals surface area contributed by atoms with Gasteiger partial charge in [-0.05, 0) is 24.5 Å². The second-order valence-electron chi connectivity index (χ2n) is 3.22. The van der Waals surface area contributed by atoms with Crippen molar-refractivity contribution in [3.05, 3.63) is 29.8 Å². The highest BCUT2D eigenvalue weighted by molar-refractivity contribution is 5.35. The molecule has 0 aliphatic carbocycles. The van der Waals surface area contributed by atoms with E-state index in [2.05, 4.69) is 0 Å². The standard InChI is InChI=1S/C10H12O3/c11-10(12)9-6-5-7-3-1-2-4-8(7)13-9/h1-4,9-12H,5-6H2. The molecule has 1 heterocycles. The van der Waals surface area contributed by atoms with E-state index in [-0.39, 0.29) is 0 Å². The van der Waals surface area contributed by atoms with E-state index in [0.29, 0.717) is 6.42 Å². The zero-order valence-electron chi connectivity index (χ0n) is 7.18. The van der Waals surface area contributed by atoms with Crippen LogP contribution in [0.3, 0.4) is 0 Å². The molecular weight excluding hydrogens is 168 g/mol. The van der Waals surface area contributed by atoms with Crippen molar-refractivity contribution >= 4 is 0 Å². The van der Waals surface area contributed by atoms with Crippen LogP contribution < -0.4 is 4.74 Å². The molecule has 0 saturated carbocycles. The van der Waals surface area contributed by atoms with E-state index < -0.39 is 12.4 Å². The number of hydrogen-bond donors (Lipinski definition) is 2. The highest BCUT2D eigenvalue weighted by atomic mass is 16.6. The minimum absolute atomic E-state index is 0.477. The Morgan fingerprint density at radius 2 is 2.08 bits per heavy atom. The summed E-state index contributed by atoms with van der Waals surface area (Å²) < 4.78 is 5.39. The fraction of sp³-hybridized carbons (Fsp3) is 0.400. The average molecular weight is 180 g/mol. The molecule has 0 fully saturated rings. The van der Waals surface area contributed by atoms with Crippen LogP contribution in [0.5, 0.6) is 5.75 Å². The molecule has 0 aromatic heterocycles. The van der Waals surface area contributed by atoms with E-state index in [4.69, 9.17) is 14.9 Å². The highest BCUT2D eigenvalue weighted by Gasteiger charge is 2.24. The number of aliphatic hydroxyl groups excluding tert-OH is 1. The number of ether oxygens (including phenoxy) is 1. The lowest BCUT2D eigenvalue weighted by Gasteiger charge is -2.26. The number of rotatable bonds is 1. The molecule has 1 aliphatic heterocycles. The Hall–Kier alpha value is -1.06. The molecule has 0 amide bonds. The van der Waals surface area contributed by atoms with Gasteiger partial charge < -0.3 is 14.9 Å². The largest absolute Gasteiger partial charge is 0.485 e. The first-order valence-corrected chi connectivity index (χ1v) is 4.38. The first kappa shape index (κ1) is 8.53. The molecule has 0 radical (unpaired) electrons. The molecule has 3 heteroatoms. The van der Waals surface area contributed by atoms with E-state index in [0.717, 1.165) is 17.7 Å². The van der Waals surface area contributed by atoms with E-state index in [1.807, 2.05) is 24.3 Å². The predicted octanol–water partition coefficient (Wildman–Crippen LogP) is 0.691. The molecule has 1 aromatic rings. The van der Waals surface area contributed by atoms with Gasteiger partial charge in [0.25, 0.3) is 0 Å². The van der Waals surface area contributed by atoms with Crippen LogP contribution >= 0.6 is 0 Å². The zero-order chi connectivity index (χ0) is 9.26. The minimum atomic E-state index is -1.38. The van der Waals surface area contributed by atoms with Gasteiger partial charge in [0.05, 0.1) is 0 Å². The van der Waals surface area contributed by atoms with Crippen LogP contribution in [0.25, 0.3) is 0 Å². The van der Waals surface area contributed by atoms with Crippen LogP contribution in [0.15, 0.2) is 24.3 Å². The molecule has 1 aromatic carbocycles. The third-order valence-electron chi connectivity index (χ3n) is 2.28. The van der Waals surface area contributed by atoms with Crippen LogP contribution in [0, 0.1) is 0 Å². The van der Waals surface area contributed by atoms with Crippen molar-refractivity contribution in [2.75, 3.05) is 0 Å². The number of fused-ring (bicyclic) bond motifs is 1. The summed E-state index contributed by atoms with van der Waals surface area (Å²) in [6.45, 7) is 0. The monoisotopic (exact) mass is 180 g/mol. The van der Waals surface area contributed by atoms with Crippen LogP contribution in [0.4, 0.5) is 0 Å². The lowest BCUT2D eigenvalue weighted by atomic mass is 10.0. The van der Waals surface area contributed by atoms with Gasteiger partial charge in [-0.2, -0.15) is 0 Å². The SMILES string of the molecule is OC(O)C1CCc2ccccc2O1. The maximum Gasteiger partial charge on any atom is 0.189 e. The Morgan fingerprint density at radius 3 is 2.85 bits per heavy atom. The molecule has 13 heavy (non-hydrogen) atoms. The van der Waals surface area contributed by atoms with E-state index in [1.54, 1.807) is 0 Å². The highest BCUT2D eigenvalue weighted by Crippen LogP contribution is 2.27. The number of hydrogen-bond acceptors (Lipinski definition) is 3. The van der Waals surface area contributed by atoms with Gasteiger partial charge in [0.1, 0.15) is 11.9 Å². The second kappa shape index (κ2) is 3.36. The molecule has 3 nitrogen and oxygen atoms in total. The molecule has 0 spiro atoms. The van der Waals surface area contributed by atoms with Crippen molar-refractivity contribution < 1.29 is 14.9 Å². The van der Waals surface area contributed by atoms with Crippen LogP contribution in [-0.2, 0) is 6.42 Å². The lowest BCUT2D eigenvalue weighted by molar-refractivity contribution is -0.117. The molecule has 1 atom stereocenters. The van der Waals surface area contributed by atoms with Gasteiger partial charge in [-0.25, -0.2) is 0 Å². The Labute approximate surface area is 76.6 Å². The van der Waals surface area contributed by atoms with Gasteiger partial charge in [0, 0.05) is 0 Å². The predicted molar refractivity (Wildman–Crippen MR) is 47.4 cm³/mol. The Balaban J connectivity index is 2.20. The van der Waals surface area contributed by atoms with Crippen molar-refractivity contribution in [2.24, 2.45) is 0 Å². The van der Waals surface area contributed by atoms with Crippen molar-refractivity contribution in [2.45, 2.75) is 25.2 Å². The van der Waals surface area contributed by atoms with Crippen molar-refractivity contribution in [3.63, 3.8) is 0 Å². The summed E-state index contributed by atoms with van der Waals surface area (Å²) in [5.74, 6) is 0.770. The smallest absolute Gasteiger partial charge is 0.189 e. The van der Waals surface area contributed by atoms with Crippen LogP contribution in [-0.4, -0.2) is 22.6 Å². The molecule has 2 N–H and O–H groups in total. The quantitative estimate of drug-likeness (QED) is 0.625. The molecule has 0 saturated heterocycles. The fourth-order valence-electron chi connectivity index (χ4n) is 1.56. The summed E-state index contributed by atoms with van der Waals surface area (Å²) in [6, 6.07) is 7.68. The number of aliphatic hydroxyl groups is 2. The average Bonchev–Trinajstić information content (AvgIpc) is 2.17. The van der Waals surface area contributed by atoms with Crippen molar-refractivity contribution in [1.29, 1.82) is 0 Å². The second-order valence-corrected chi connectivity index (χ2v) is 3.22. The van der Waals surface area contributed by atoms with Crippen molar-refractivity contribution in [3.8, 4) is 5.75 Å². The summed E-state index contributed by atoms with van der Waals surface area (Å²) in [5.41, 5.74) is 1.14. The molecular formula is C10H12O3. The normalized spacial score (nSPS) is 21.0. The minimum Gasteiger partial charge on any atom is -0.485 e. The van der Waals surface area contributed by atoms with Crippen LogP contribution in [0.1, 0.15) is 12.0 Å². The maximum absolute atomic E-state index is 8.93. The van der Waals surface area contributed by atoms with E-state index in [1.165, 1.54) is 0 Å². The molecule has 2 rings (SSSR count). The Morgan fingerprint density at radius 1 is 1.31 bits per heavy atom. The maximum atomic E-state index is 8.93. The van der Waals surface area contributed by atoms with E-state index >= 15 is 0 Å². The van der Waals surface area contributed by atoms with E-state index in [9.17, 15) is 0 Å². The van der Waals surface area contributed by atoms with Crippen molar-refractivity contribution in [1.82, 2.24) is 0 Å². The Kier molecular flexibility index (Phi) is 2.20. The summed E-state index contributed by atoms with van der Waals surface area (Å²) in [6.07, 6.45) is -0.351. The summed E-state index contributed by atoms with van der Waals surface area (Å²) in [7, 11) is 0. The molecule has 70 valence electrons.